The van der Waals surface area contributed by atoms with E-state index in [0.29, 0.717) is 13.0 Å². The molecule has 6 atom stereocenters. The number of esters is 1. The Morgan fingerprint density at radius 2 is 0.815 bits per heavy atom. The summed E-state index contributed by atoms with van der Waals surface area (Å²) < 4.78 is 34.3. The third-order valence-electron chi connectivity index (χ3n) is 12.9. The molecular weight excluding hydrogens is 848 g/mol. The number of hydrogen-bond donors (Lipinski definition) is 6. The smallest absolute Gasteiger partial charge is 0.457 e. The van der Waals surface area contributed by atoms with E-state index in [1.165, 1.54) is 186 Å². The maximum atomic E-state index is 12.9. The summed E-state index contributed by atoms with van der Waals surface area (Å²) in [7, 11) is -5.02. The van der Waals surface area contributed by atoms with E-state index >= 15 is 0 Å². The third-order valence-corrected chi connectivity index (χ3v) is 13.9. The number of carbonyl (C=O) groups is 1. The van der Waals surface area contributed by atoms with Crippen LogP contribution < -0.4 is 0 Å². The lowest BCUT2D eigenvalue weighted by Gasteiger charge is -2.41. The molecule has 0 spiro atoms. The van der Waals surface area contributed by atoms with E-state index in [1.807, 2.05) is 0 Å². The summed E-state index contributed by atoms with van der Waals surface area (Å²) in [6.07, 6.45) is 37.1. The van der Waals surface area contributed by atoms with Crippen LogP contribution in [0.3, 0.4) is 0 Å². The summed E-state index contributed by atoms with van der Waals surface area (Å²) in [6.45, 7) is 4.31. The van der Waals surface area contributed by atoms with Crippen LogP contribution >= 0.6 is 7.82 Å². The van der Waals surface area contributed by atoms with Crippen molar-refractivity contribution in [2.45, 2.75) is 294 Å². The maximum absolute atomic E-state index is 12.9. The average Bonchev–Trinajstić information content (AvgIpc) is 3.29. The van der Waals surface area contributed by atoms with Crippen molar-refractivity contribution in [3.05, 3.63) is 12.2 Å². The van der Waals surface area contributed by atoms with Crippen LogP contribution in [0, 0.1) is 0 Å². The molecule has 386 valence electrons. The van der Waals surface area contributed by atoms with Gasteiger partial charge in [0.1, 0.15) is 42.7 Å². The van der Waals surface area contributed by atoms with Crippen molar-refractivity contribution >= 4 is 13.8 Å². The van der Waals surface area contributed by atoms with E-state index in [1.54, 1.807) is 0 Å². The number of phosphoric ester groups is 1. The molecule has 12 nitrogen and oxygen atoms in total. The van der Waals surface area contributed by atoms with Gasteiger partial charge >= 0.3 is 13.8 Å². The number of phosphoric acid groups is 1. The molecule has 0 amide bonds. The molecule has 0 saturated heterocycles. The van der Waals surface area contributed by atoms with Crippen molar-refractivity contribution in [1.29, 1.82) is 0 Å². The highest BCUT2D eigenvalue weighted by atomic mass is 31.2. The van der Waals surface area contributed by atoms with Crippen LogP contribution in [0.1, 0.15) is 251 Å². The monoisotopic (exact) mass is 949 g/mol. The van der Waals surface area contributed by atoms with Gasteiger partial charge in [0.2, 0.25) is 0 Å². The second-order valence-electron chi connectivity index (χ2n) is 19.1. The van der Waals surface area contributed by atoms with Crippen LogP contribution in [0.15, 0.2) is 12.2 Å². The molecule has 0 aromatic carbocycles. The molecule has 65 heavy (non-hydrogen) atoms. The summed E-state index contributed by atoms with van der Waals surface area (Å²) >= 11 is 0. The van der Waals surface area contributed by atoms with Crippen molar-refractivity contribution in [2.75, 3.05) is 19.8 Å². The Bertz CT molecular complexity index is 1130. The minimum atomic E-state index is -5.02. The fourth-order valence-corrected chi connectivity index (χ4v) is 9.56. The summed E-state index contributed by atoms with van der Waals surface area (Å²) in [5.74, 6) is -0.471. The highest BCUT2D eigenvalue weighted by molar-refractivity contribution is 7.47. The van der Waals surface area contributed by atoms with Gasteiger partial charge in [-0.2, -0.15) is 0 Å². The number of hydrogen-bond acceptors (Lipinski definition) is 11. The summed E-state index contributed by atoms with van der Waals surface area (Å²) in [5, 5.41) is 50.3. The molecule has 0 aromatic rings. The van der Waals surface area contributed by atoms with Gasteiger partial charge in [0.25, 0.3) is 0 Å². The second-order valence-corrected chi connectivity index (χ2v) is 20.5. The van der Waals surface area contributed by atoms with Gasteiger partial charge in [-0.05, 0) is 38.5 Å². The fraction of sp³-hybridized carbons (Fsp3) is 0.942. The minimum absolute atomic E-state index is 0.0714. The Hall–Kier alpha value is -0.920. The average molecular weight is 949 g/mol. The predicted molar refractivity (Wildman–Crippen MR) is 263 cm³/mol. The molecule has 1 fully saturated rings. The number of ether oxygens (including phenoxy) is 2. The first-order chi connectivity index (χ1) is 31.5. The third kappa shape index (κ3) is 34.9. The van der Waals surface area contributed by atoms with E-state index in [-0.39, 0.29) is 13.0 Å². The number of rotatable bonds is 47. The fourth-order valence-electron chi connectivity index (χ4n) is 8.59. The van der Waals surface area contributed by atoms with Gasteiger partial charge in [0.05, 0.1) is 13.2 Å². The number of unbranched alkanes of at least 4 members (excludes halogenated alkanes) is 33. The number of aliphatic hydroxyl groups is 5. The maximum Gasteiger partial charge on any atom is 0.472 e. The van der Waals surface area contributed by atoms with Gasteiger partial charge in [-0.3, -0.25) is 13.8 Å². The Morgan fingerprint density at radius 1 is 0.477 bits per heavy atom. The number of allylic oxidation sites excluding steroid dienone is 2. The first kappa shape index (κ1) is 62.1. The predicted octanol–water partition coefficient (Wildman–Crippen LogP) is 12.3. The summed E-state index contributed by atoms with van der Waals surface area (Å²) in [5.41, 5.74) is 0. The first-order valence-electron chi connectivity index (χ1n) is 27.0. The Morgan fingerprint density at radius 3 is 1.22 bits per heavy atom. The van der Waals surface area contributed by atoms with Crippen LogP contribution in [0.25, 0.3) is 0 Å². The van der Waals surface area contributed by atoms with Crippen LogP contribution in [0.5, 0.6) is 0 Å². The van der Waals surface area contributed by atoms with Gasteiger partial charge < -0.3 is 39.9 Å². The lowest BCUT2D eigenvalue weighted by atomic mass is 9.85. The Kier molecular flexibility index (Phi) is 41.2. The lowest BCUT2D eigenvalue weighted by molar-refractivity contribution is -0.220. The van der Waals surface area contributed by atoms with E-state index < -0.39 is 63.1 Å². The van der Waals surface area contributed by atoms with Crippen LogP contribution in [0.4, 0.5) is 0 Å². The van der Waals surface area contributed by atoms with Gasteiger partial charge in [0.15, 0.2) is 0 Å². The minimum Gasteiger partial charge on any atom is -0.457 e. The quantitative estimate of drug-likeness (QED) is 0.0147. The SMILES string of the molecule is CCCCCCCCCC/C=C\CCCCCCCCCCCCOCC(COP(=O)(O)OC1C(O)C(O)C(O)C(O)C1O)OC(=O)CCCCCCCCCCCCCCCCCC. The Balaban J connectivity index is 2.29. The molecule has 6 N–H and O–H groups in total. The summed E-state index contributed by atoms with van der Waals surface area (Å²) in [4.78, 5) is 23.2. The van der Waals surface area contributed by atoms with Crippen molar-refractivity contribution in [1.82, 2.24) is 0 Å². The van der Waals surface area contributed by atoms with E-state index in [9.17, 15) is 39.8 Å². The molecule has 1 saturated carbocycles. The molecule has 1 aliphatic carbocycles. The molecule has 1 aliphatic rings. The van der Waals surface area contributed by atoms with Crippen LogP contribution in [-0.4, -0.2) is 98.9 Å². The van der Waals surface area contributed by atoms with Crippen LogP contribution in [0.2, 0.25) is 0 Å². The van der Waals surface area contributed by atoms with Gasteiger partial charge in [0, 0.05) is 13.0 Å². The topological polar surface area (TPSA) is 192 Å². The first-order valence-corrected chi connectivity index (χ1v) is 28.5. The zero-order valence-electron chi connectivity index (χ0n) is 41.6. The lowest BCUT2D eigenvalue weighted by Crippen LogP contribution is -2.64. The van der Waals surface area contributed by atoms with Crippen molar-refractivity contribution in [2.24, 2.45) is 0 Å². The Labute approximate surface area is 397 Å². The second kappa shape index (κ2) is 43.1. The highest BCUT2D eigenvalue weighted by Crippen LogP contribution is 2.47. The normalized spacial score (nSPS) is 21.5. The number of carbonyl (C=O) groups excluding carboxylic acids is 1. The molecular formula is C52H101O12P. The molecule has 0 radical (unpaired) electrons. The molecule has 0 heterocycles. The van der Waals surface area contributed by atoms with Gasteiger partial charge in [-0.15, -0.1) is 0 Å². The molecule has 6 unspecified atom stereocenters. The van der Waals surface area contributed by atoms with E-state index in [2.05, 4.69) is 26.0 Å². The van der Waals surface area contributed by atoms with Gasteiger partial charge in [-0.1, -0.05) is 219 Å². The zero-order valence-corrected chi connectivity index (χ0v) is 42.5. The van der Waals surface area contributed by atoms with Gasteiger partial charge in [-0.25, -0.2) is 4.57 Å². The highest BCUT2D eigenvalue weighted by Gasteiger charge is 2.51. The van der Waals surface area contributed by atoms with Crippen LogP contribution in [-0.2, 0) is 27.9 Å². The van der Waals surface area contributed by atoms with E-state index in [0.717, 1.165) is 38.5 Å². The standard InChI is InChI=1S/C52H101O12P/c1-3-5-7-9-11-13-15-17-19-21-22-23-24-25-26-28-30-32-34-36-38-40-42-61-43-45(44-62-65(59,60)64-52-50(57)48(55)47(54)49(56)51(52)58)63-46(53)41-39-37-35-33-31-29-27-20-18-16-14-12-10-8-6-4-2/h21-22,45,47-52,54-58H,3-20,23-44H2,1-2H3,(H,59,60)/b22-21-. The summed E-state index contributed by atoms with van der Waals surface area (Å²) in [6, 6.07) is 0. The number of aliphatic hydroxyl groups excluding tert-OH is 5. The van der Waals surface area contributed by atoms with E-state index in [4.69, 9.17) is 18.5 Å². The van der Waals surface area contributed by atoms with Crippen molar-refractivity contribution in [3.63, 3.8) is 0 Å². The molecule has 0 aliphatic heterocycles. The van der Waals surface area contributed by atoms with Crippen molar-refractivity contribution in [3.8, 4) is 0 Å². The molecule has 13 heteroatoms. The molecule has 0 aromatic heterocycles. The molecule has 1 rings (SSSR count). The van der Waals surface area contributed by atoms with Crippen molar-refractivity contribution < 1.29 is 58.3 Å². The molecule has 0 bridgehead atoms. The largest absolute Gasteiger partial charge is 0.472 e. The zero-order chi connectivity index (χ0) is 47.6.